The number of rotatable bonds is 4. The fourth-order valence-electron chi connectivity index (χ4n) is 2.01. The van der Waals surface area contributed by atoms with Gasteiger partial charge in [0, 0.05) is 16.8 Å². The van der Waals surface area contributed by atoms with E-state index in [2.05, 4.69) is 47.3 Å². The van der Waals surface area contributed by atoms with Crippen LogP contribution in [0.2, 0.25) is 5.15 Å². The Bertz CT molecular complexity index is 753. The monoisotopic (exact) mass is 317 g/mol. The number of hydrogen-bond acceptors (Lipinski definition) is 4. The molecule has 2 aromatic heterocycles. The van der Waals surface area contributed by atoms with Crippen LogP contribution in [-0.4, -0.2) is 16.5 Å². The summed E-state index contributed by atoms with van der Waals surface area (Å²) in [6.45, 7) is 5.12. The van der Waals surface area contributed by atoms with Crippen molar-refractivity contribution in [1.29, 1.82) is 0 Å². The number of nitrogens with one attached hydrogen (secondary N) is 1. The molecule has 21 heavy (non-hydrogen) atoms. The third kappa shape index (κ3) is 3.17. The van der Waals surface area contributed by atoms with Gasteiger partial charge in [0.1, 0.15) is 9.98 Å². The van der Waals surface area contributed by atoms with Crippen molar-refractivity contribution in [2.75, 3.05) is 11.9 Å². The molecule has 0 fully saturated rings. The van der Waals surface area contributed by atoms with Gasteiger partial charge in [0.25, 0.3) is 0 Å². The molecule has 1 N–H and O–H groups in total. The quantitative estimate of drug-likeness (QED) is 0.682. The Hall–Kier alpha value is -1.65. The summed E-state index contributed by atoms with van der Waals surface area (Å²) < 4.78 is 0. The van der Waals surface area contributed by atoms with Crippen LogP contribution < -0.4 is 5.32 Å². The summed E-state index contributed by atoms with van der Waals surface area (Å²) in [5, 5.41) is 4.64. The van der Waals surface area contributed by atoms with Crippen molar-refractivity contribution in [2.24, 2.45) is 5.92 Å². The number of aromatic nitrogens is 2. The van der Waals surface area contributed by atoms with Crippen LogP contribution in [0.3, 0.4) is 0 Å². The molecule has 0 aliphatic rings. The summed E-state index contributed by atoms with van der Waals surface area (Å²) in [5.41, 5.74) is 1.17. The first-order chi connectivity index (χ1) is 10.1. The predicted octanol–water partition coefficient (Wildman–Crippen LogP) is 5.08. The summed E-state index contributed by atoms with van der Waals surface area (Å²) in [5.74, 6) is 1.13. The number of fused-ring (bicyclic) bond motifs is 1. The fourth-order valence-corrected chi connectivity index (χ4v) is 3.32. The van der Waals surface area contributed by atoms with E-state index >= 15 is 0 Å². The van der Waals surface area contributed by atoms with Crippen LogP contribution in [0.1, 0.15) is 13.8 Å². The van der Waals surface area contributed by atoms with E-state index in [1.807, 2.05) is 18.2 Å². The van der Waals surface area contributed by atoms with Gasteiger partial charge in [0.05, 0.1) is 0 Å². The van der Waals surface area contributed by atoms with Crippen molar-refractivity contribution < 1.29 is 0 Å². The van der Waals surface area contributed by atoms with E-state index in [9.17, 15) is 0 Å². The Labute approximate surface area is 133 Å². The van der Waals surface area contributed by atoms with Gasteiger partial charge in [-0.25, -0.2) is 9.97 Å². The Morgan fingerprint density at radius 3 is 2.67 bits per heavy atom. The second-order valence-corrected chi connectivity index (χ2v) is 6.70. The van der Waals surface area contributed by atoms with Crippen molar-refractivity contribution in [3.8, 4) is 10.4 Å². The zero-order valence-corrected chi connectivity index (χ0v) is 13.5. The molecule has 1 aromatic carbocycles. The van der Waals surface area contributed by atoms with Gasteiger partial charge in [0.2, 0.25) is 5.95 Å². The summed E-state index contributed by atoms with van der Waals surface area (Å²) in [6.07, 6.45) is 0. The van der Waals surface area contributed by atoms with Gasteiger partial charge in [-0.05, 0) is 17.5 Å². The number of nitrogens with zero attached hydrogens (tertiary/aromatic N) is 2. The first-order valence-corrected chi connectivity index (χ1v) is 8.09. The first-order valence-electron chi connectivity index (χ1n) is 6.90. The zero-order chi connectivity index (χ0) is 14.8. The molecule has 108 valence electrons. The highest BCUT2D eigenvalue weighted by Gasteiger charge is 2.11. The third-order valence-corrected chi connectivity index (χ3v) is 4.44. The summed E-state index contributed by atoms with van der Waals surface area (Å²) >= 11 is 7.93. The van der Waals surface area contributed by atoms with Crippen LogP contribution in [0.5, 0.6) is 0 Å². The Kier molecular flexibility index (Phi) is 4.08. The molecular formula is C16H16ClN3S. The SMILES string of the molecule is CC(C)CNc1nc(Cl)c2cc(-c3ccccc3)sc2n1. The lowest BCUT2D eigenvalue weighted by molar-refractivity contribution is 0.685. The van der Waals surface area contributed by atoms with Gasteiger partial charge in [-0.1, -0.05) is 55.8 Å². The van der Waals surface area contributed by atoms with E-state index in [1.165, 1.54) is 5.56 Å². The smallest absolute Gasteiger partial charge is 0.225 e. The largest absolute Gasteiger partial charge is 0.354 e. The van der Waals surface area contributed by atoms with E-state index in [0.717, 1.165) is 21.6 Å². The van der Waals surface area contributed by atoms with Crippen LogP contribution in [-0.2, 0) is 0 Å². The third-order valence-electron chi connectivity index (χ3n) is 3.07. The van der Waals surface area contributed by atoms with Crippen molar-refractivity contribution >= 4 is 39.1 Å². The molecule has 0 spiro atoms. The molecule has 0 saturated heterocycles. The van der Waals surface area contributed by atoms with E-state index in [1.54, 1.807) is 11.3 Å². The Morgan fingerprint density at radius 1 is 1.19 bits per heavy atom. The van der Waals surface area contributed by atoms with Crippen LogP contribution in [0.25, 0.3) is 20.7 Å². The Morgan fingerprint density at radius 2 is 1.95 bits per heavy atom. The number of anilines is 1. The normalized spacial score (nSPS) is 11.2. The molecule has 3 rings (SSSR count). The average Bonchev–Trinajstić information content (AvgIpc) is 2.91. The highest BCUT2D eigenvalue weighted by atomic mass is 35.5. The van der Waals surface area contributed by atoms with Gasteiger partial charge in [0.15, 0.2) is 0 Å². The van der Waals surface area contributed by atoms with E-state index in [0.29, 0.717) is 17.0 Å². The highest BCUT2D eigenvalue weighted by Crippen LogP contribution is 2.35. The lowest BCUT2D eigenvalue weighted by Crippen LogP contribution is -2.10. The molecule has 0 aliphatic heterocycles. The molecule has 0 radical (unpaired) electrons. The van der Waals surface area contributed by atoms with Crippen molar-refractivity contribution in [3.05, 3.63) is 41.6 Å². The fraction of sp³-hybridized carbons (Fsp3) is 0.250. The van der Waals surface area contributed by atoms with Crippen LogP contribution in [0.15, 0.2) is 36.4 Å². The summed E-state index contributed by atoms with van der Waals surface area (Å²) in [7, 11) is 0. The molecule has 2 heterocycles. The minimum atomic E-state index is 0.504. The summed E-state index contributed by atoms with van der Waals surface area (Å²) in [6, 6.07) is 12.3. The molecule has 3 aromatic rings. The molecule has 0 aliphatic carbocycles. The molecule has 0 amide bonds. The maximum atomic E-state index is 6.29. The second kappa shape index (κ2) is 6.00. The zero-order valence-electron chi connectivity index (χ0n) is 11.9. The highest BCUT2D eigenvalue weighted by molar-refractivity contribution is 7.22. The molecule has 0 atom stereocenters. The van der Waals surface area contributed by atoms with Crippen LogP contribution in [0.4, 0.5) is 5.95 Å². The van der Waals surface area contributed by atoms with Crippen LogP contribution in [0, 0.1) is 5.92 Å². The standard InChI is InChI=1S/C16H16ClN3S/c1-10(2)9-18-16-19-14(17)12-8-13(21-15(12)20-16)11-6-4-3-5-7-11/h3-8,10H,9H2,1-2H3,(H,18,19,20). The number of thiophene rings is 1. The average molecular weight is 318 g/mol. The van der Waals surface area contributed by atoms with Crippen molar-refractivity contribution in [1.82, 2.24) is 9.97 Å². The molecule has 3 nitrogen and oxygen atoms in total. The predicted molar refractivity (Wildman–Crippen MR) is 91.2 cm³/mol. The minimum Gasteiger partial charge on any atom is -0.354 e. The van der Waals surface area contributed by atoms with Gasteiger partial charge >= 0.3 is 0 Å². The minimum absolute atomic E-state index is 0.504. The summed E-state index contributed by atoms with van der Waals surface area (Å²) in [4.78, 5) is 11.0. The molecule has 5 heteroatoms. The van der Waals surface area contributed by atoms with Gasteiger partial charge in [-0.3, -0.25) is 0 Å². The molecular weight excluding hydrogens is 302 g/mol. The lowest BCUT2D eigenvalue weighted by Gasteiger charge is -2.07. The second-order valence-electron chi connectivity index (χ2n) is 5.31. The topological polar surface area (TPSA) is 37.8 Å². The van der Waals surface area contributed by atoms with E-state index in [4.69, 9.17) is 11.6 Å². The van der Waals surface area contributed by atoms with Crippen LogP contribution >= 0.6 is 22.9 Å². The maximum absolute atomic E-state index is 6.29. The van der Waals surface area contributed by atoms with Crippen molar-refractivity contribution in [3.63, 3.8) is 0 Å². The van der Waals surface area contributed by atoms with Gasteiger partial charge in [-0.15, -0.1) is 11.3 Å². The number of halogens is 1. The number of benzene rings is 1. The Balaban J connectivity index is 1.99. The van der Waals surface area contributed by atoms with E-state index in [-0.39, 0.29) is 0 Å². The van der Waals surface area contributed by atoms with Gasteiger partial charge in [-0.2, -0.15) is 0 Å². The maximum Gasteiger partial charge on any atom is 0.225 e. The first kappa shape index (κ1) is 14.3. The lowest BCUT2D eigenvalue weighted by atomic mass is 10.2. The molecule has 0 bridgehead atoms. The number of hydrogen-bond donors (Lipinski definition) is 1. The van der Waals surface area contributed by atoms with E-state index < -0.39 is 0 Å². The molecule has 0 unspecified atom stereocenters. The van der Waals surface area contributed by atoms with Gasteiger partial charge < -0.3 is 5.32 Å². The van der Waals surface area contributed by atoms with Crippen molar-refractivity contribution in [2.45, 2.75) is 13.8 Å². The molecule has 0 saturated carbocycles.